The Labute approximate surface area is 150 Å². The topological polar surface area (TPSA) is 93.1 Å². The first-order chi connectivity index (χ1) is 11.6. The van der Waals surface area contributed by atoms with Gasteiger partial charge in [0.1, 0.15) is 10.6 Å². The molecule has 0 bridgehead atoms. The van der Waals surface area contributed by atoms with Crippen LogP contribution < -0.4 is 0 Å². The maximum atomic E-state index is 14.9. The maximum absolute atomic E-state index is 14.9. The van der Waals surface area contributed by atoms with Gasteiger partial charge in [0.2, 0.25) is 0 Å². The quantitative estimate of drug-likeness (QED) is 0.599. The zero-order valence-corrected chi connectivity index (χ0v) is 15.6. The molecule has 2 rings (SSSR count). The van der Waals surface area contributed by atoms with Crippen molar-refractivity contribution in [3.8, 4) is 5.75 Å². The normalized spacial score (nSPS) is 12.7. The van der Waals surface area contributed by atoms with Gasteiger partial charge in [-0.25, -0.2) is 4.79 Å². The van der Waals surface area contributed by atoms with Crippen molar-refractivity contribution in [2.24, 2.45) is 0 Å². The van der Waals surface area contributed by atoms with Crippen molar-refractivity contribution >= 4 is 46.6 Å². The van der Waals surface area contributed by atoms with Gasteiger partial charge < -0.3 is 19.3 Å². The molecule has 0 spiro atoms. The van der Waals surface area contributed by atoms with Crippen LogP contribution in [0.5, 0.6) is 5.75 Å². The lowest BCUT2D eigenvalue weighted by molar-refractivity contribution is 0.0393. The van der Waals surface area contributed by atoms with Gasteiger partial charge in [-0.05, 0) is 26.0 Å². The maximum Gasteiger partial charge on any atom is 0.405 e. The van der Waals surface area contributed by atoms with Crippen LogP contribution in [0.3, 0.4) is 0 Å². The van der Waals surface area contributed by atoms with E-state index in [9.17, 15) is 23.2 Å². The van der Waals surface area contributed by atoms with E-state index in [2.05, 4.69) is 0 Å². The Bertz CT molecular complexity index is 859. The van der Waals surface area contributed by atoms with Crippen LogP contribution in [0.4, 0.5) is 8.78 Å². The molecule has 2 aromatic rings. The number of hydrogen-bond acceptors (Lipinski definition) is 6. The van der Waals surface area contributed by atoms with Crippen molar-refractivity contribution in [2.45, 2.75) is 19.5 Å². The Hall–Kier alpha value is -1.25. The summed E-state index contributed by atoms with van der Waals surface area (Å²) in [4.78, 5) is 10.2. The van der Waals surface area contributed by atoms with Gasteiger partial charge >= 0.3 is 19.2 Å². The van der Waals surface area contributed by atoms with E-state index in [0.717, 1.165) is 12.1 Å². The number of carbonyl (C=O) groups is 1. The molecule has 0 radical (unpaired) electrons. The van der Waals surface area contributed by atoms with Crippen molar-refractivity contribution in [1.82, 2.24) is 0 Å². The Kier molecular flexibility index (Phi) is 5.75. The summed E-state index contributed by atoms with van der Waals surface area (Å²) in [7, 11) is -4.88. The fourth-order valence-electron chi connectivity index (χ4n) is 2.13. The van der Waals surface area contributed by atoms with Gasteiger partial charge in [-0.1, -0.05) is 11.6 Å². The van der Waals surface area contributed by atoms with E-state index in [1.165, 1.54) is 13.8 Å². The van der Waals surface area contributed by atoms with Gasteiger partial charge in [-0.2, -0.15) is 8.78 Å². The van der Waals surface area contributed by atoms with E-state index < -0.39 is 34.9 Å². The summed E-state index contributed by atoms with van der Waals surface area (Å²) in [5, 5.41) is 18.3. The Morgan fingerprint density at radius 2 is 1.88 bits per heavy atom. The Balaban J connectivity index is 2.71. The third-order valence-electron chi connectivity index (χ3n) is 3.17. The van der Waals surface area contributed by atoms with Crippen molar-refractivity contribution in [2.75, 3.05) is 13.2 Å². The number of phenolic OH excluding ortho intramolecular Hbond substituents is 1. The number of rotatable bonds is 7. The molecule has 0 aliphatic heterocycles. The highest BCUT2D eigenvalue weighted by atomic mass is 35.5. The van der Waals surface area contributed by atoms with Crippen LogP contribution in [-0.2, 0) is 19.3 Å². The molecule has 25 heavy (non-hydrogen) atoms. The summed E-state index contributed by atoms with van der Waals surface area (Å²) in [6.07, 6.45) is 0. The molecule has 0 saturated heterocycles. The Morgan fingerprint density at radius 1 is 1.32 bits per heavy atom. The summed E-state index contributed by atoms with van der Waals surface area (Å²) in [5.74, 6) is -1.88. The molecular formula is C14H14ClF2O6PS. The minimum atomic E-state index is -4.88. The molecule has 0 aliphatic rings. The highest BCUT2D eigenvalue weighted by Gasteiger charge is 2.57. The average molecular weight is 415 g/mol. The largest absolute Gasteiger partial charge is 0.506 e. The Morgan fingerprint density at radius 3 is 2.36 bits per heavy atom. The van der Waals surface area contributed by atoms with Crippen LogP contribution >= 0.6 is 30.5 Å². The third kappa shape index (κ3) is 3.39. The number of benzene rings is 1. The SMILES string of the molecule is CCOP(=O)(OCC)C(F)(F)c1sc2c(O)cc(C(=O)O)cc2c1Cl. The highest BCUT2D eigenvalue weighted by Crippen LogP contribution is 2.69. The highest BCUT2D eigenvalue weighted by molar-refractivity contribution is 7.55. The number of aromatic carboxylic acids is 1. The third-order valence-corrected chi connectivity index (χ3v) is 7.23. The van der Waals surface area contributed by atoms with Crippen LogP contribution in [-0.4, -0.2) is 29.4 Å². The fourth-order valence-corrected chi connectivity index (χ4v) is 5.51. The molecule has 11 heteroatoms. The van der Waals surface area contributed by atoms with Gasteiger partial charge in [-0.3, -0.25) is 4.57 Å². The minimum absolute atomic E-state index is 0.0516. The summed E-state index contributed by atoms with van der Waals surface area (Å²) in [6, 6.07) is 1.98. The molecule has 2 N–H and O–H groups in total. The van der Waals surface area contributed by atoms with Gasteiger partial charge in [-0.15, -0.1) is 11.3 Å². The molecular weight excluding hydrogens is 401 g/mol. The van der Waals surface area contributed by atoms with E-state index in [0.29, 0.717) is 11.3 Å². The lowest BCUT2D eigenvalue weighted by Gasteiger charge is -2.25. The second-order valence-electron chi connectivity index (χ2n) is 4.80. The number of alkyl halides is 2. The van der Waals surface area contributed by atoms with Crippen LogP contribution in [0.2, 0.25) is 5.02 Å². The van der Waals surface area contributed by atoms with Crippen LogP contribution in [0, 0.1) is 0 Å². The van der Waals surface area contributed by atoms with Crippen LogP contribution in [0.25, 0.3) is 10.1 Å². The average Bonchev–Trinajstić information content (AvgIpc) is 2.86. The zero-order valence-electron chi connectivity index (χ0n) is 13.1. The number of halogens is 3. The summed E-state index contributed by atoms with van der Waals surface area (Å²) < 4.78 is 51.7. The zero-order chi connectivity index (χ0) is 19.0. The van der Waals surface area contributed by atoms with Gasteiger partial charge in [0.25, 0.3) is 0 Å². The molecule has 0 saturated carbocycles. The molecule has 0 fully saturated rings. The first kappa shape index (κ1) is 20.1. The first-order valence-corrected chi connectivity index (χ1v) is 9.78. The molecule has 0 unspecified atom stereocenters. The van der Waals surface area contributed by atoms with Gasteiger partial charge in [0, 0.05) is 5.39 Å². The monoisotopic (exact) mass is 414 g/mol. The van der Waals surface area contributed by atoms with E-state index in [4.69, 9.17) is 25.8 Å². The minimum Gasteiger partial charge on any atom is -0.506 e. The number of thiophene rings is 1. The molecule has 1 heterocycles. The van der Waals surface area contributed by atoms with Crippen LogP contribution in [0.15, 0.2) is 12.1 Å². The van der Waals surface area contributed by atoms with Crippen molar-refractivity contribution in [3.63, 3.8) is 0 Å². The van der Waals surface area contributed by atoms with Crippen LogP contribution in [0.1, 0.15) is 29.1 Å². The van der Waals surface area contributed by atoms with Gasteiger partial charge in [0.15, 0.2) is 0 Å². The molecule has 1 aromatic heterocycles. The van der Waals surface area contributed by atoms with E-state index >= 15 is 0 Å². The molecule has 0 atom stereocenters. The summed E-state index contributed by atoms with van der Waals surface area (Å²) in [5.41, 5.74) is -4.40. The summed E-state index contributed by atoms with van der Waals surface area (Å²) >= 11 is 6.39. The fraction of sp³-hybridized carbons (Fsp3) is 0.357. The lowest BCUT2D eigenvalue weighted by atomic mass is 10.1. The van der Waals surface area contributed by atoms with E-state index in [1.54, 1.807) is 0 Å². The van der Waals surface area contributed by atoms with E-state index in [-0.39, 0.29) is 28.9 Å². The van der Waals surface area contributed by atoms with Gasteiger partial charge in [0.05, 0.1) is 28.5 Å². The molecule has 1 aromatic carbocycles. The number of fused-ring (bicyclic) bond motifs is 1. The van der Waals surface area contributed by atoms with Crippen molar-refractivity contribution in [1.29, 1.82) is 0 Å². The molecule has 0 aliphatic carbocycles. The number of carboxylic acid groups (broad SMARTS) is 1. The smallest absolute Gasteiger partial charge is 0.405 e. The van der Waals surface area contributed by atoms with Crippen molar-refractivity contribution in [3.05, 3.63) is 27.6 Å². The number of carboxylic acids is 1. The summed E-state index contributed by atoms with van der Waals surface area (Å²) in [6.45, 7) is 2.23. The predicted octanol–water partition coefficient (Wildman–Crippen LogP) is 5.27. The predicted molar refractivity (Wildman–Crippen MR) is 90.2 cm³/mol. The second kappa shape index (κ2) is 7.17. The number of hydrogen-bond donors (Lipinski definition) is 2. The molecule has 138 valence electrons. The molecule has 0 amide bonds. The lowest BCUT2D eigenvalue weighted by Crippen LogP contribution is -2.17. The first-order valence-electron chi connectivity index (χ1n) is 7.04. The number of phenols is 1. The standard InChI is InChI=1S/C14H14ClF2O6PS/c1-3-22-24(21,23-4-2)14(16,17)12-10(15)8-5-7(13(19)20)6-9(18)11(8)25-12/h5-6,18H,3-4H2,1-2H3,(H,19,20). The molecule has 6 nitrogen and oxygen atoms in total. The second-order valence-corrected chi connectivity index (χ2v) is 8.27. The van der Waals surface area contributed by atoms with E-state index in [1.807, 2.05) is 0 Å². The number of aromatic hydroxyl groups is 1. The van der Waals surface area contributed by atoms with Crippen molar-refractivity contribution < 1.29 is 37.4 Å².